The van der Waals surface area contributed by atoms with Gasteiger partial charge in [-0.1, -0.05) is 24.3 Å². The van der Waals surface area contributed by atoms with E-state index in [9.17, 15) is 14.1 Å². The second kappa shape index (κ2) is 10.3. The minimum atomic E-state index is -0.808. The predicted molar refractivity (Wildman–Crippen MR) is 109 cm³/mol. The Morgan fingerprint density at radius 2 is 1.96 bits per heavy atom. The van der Waals surface area contributed by atoms with Gasteiger partial charge in [0.2, 0.25) is 0 Å². The van der Waals surface area contributed by atoms with E-state index >= 15 is 0 Å². The molecule has 0 aromatic heterocycles. The first-order valence-electron chi connectivity index (χ1n) is 8.97. The number of aliphatic hydroxyl groups is 1. The number of hydrogen-bond acceptors (Lipinski definition) is 4. The molecule has 1 aromatic carbocycles. The quantitative estimate of drug-likeness (QED) is 0.781. The van der Waals surface area contributed by atoms with Crippen LogP contribution < -0.4 is 5.32 Å². The smallest absolute Gasteiger partial charge is 0.317 e. The van der Waals surface area contributed by atoms with Gasteiger partial charge in [0.25, 0.3) is 0 Å². The van der Waals surface area contributed by atoms with Gasteiger partial charge in [-0.05, 0) is 24.0 Å². The Balaban J connectivity index is 0.00000243. The summed E-state index contributed by atoms with van der Waals surface area (Å²) < 4.78 is 11.5. The third kappa shape index (κ3) is 5.97. The van der Waals surface area contributed by atoms with E-state index < -0.39 is 16.9 Å². The molecule has 6 nitrogen and oxygen atoms in total. The molecular weight excluding hydrogens is 370 g/mol. The van der Waals surface area contributed by atoms with Crippen LogP contribution in [0.25, 0.3) is 0 Å². The Morgan fingerprint density at radius 1 is 1.19 bits per heavy atom. The highest BCUT2D eigenvalue weighted by atomic mass is 32.2. The lowest BCUT2D eigenvalue weighted by molar-refractivity contribution is 0.103. The van der Waals surface area contributed by atoms with Gasteiger partial charge in [-0.15, -0.1) is 0 Å². The van der Waals surface area contributed by atoms with E-state index in [4.69, 9.17) is 0 Å². The first-order valence-corrected chi connectivity index (χ1v) is 10.5. The van der Waals surface area contributed by atoms with Crippen molar-refractivity contribution in [3.05, 3.63) is 35.4 Å². The molecular formula is C18H29N3O3S2. The fourth-order valence-corrected chi connectivity index (χ4v) is 4.51. The van der Waals surface area contributed by atoms with Gasteiger partial charge in [0.05, 0.1) is 6.10 Å². The topological polar surface area (TPSA) is 72.9 Å². The molecule has 1 aromatic rings. The molecule has 2 aliphatic rings. The summed E-state index contributed by atoms with van der Waals surface area (Å²) in [6.07, 6.45) is 1.19. The average Bonchev–Trinajstić information content (AvgIpc) is 2.84. The highest BCUT2D eigenvalue weighted by molar-refractivity contribution is 7.85. The van der Waals surface area contributed by atoms with E-state index in [0.29, 0.717) is 31.1 Å². The molecule has 1 saturated heterocycles. The molecule has 0 spiro atoms. The van der Waals surface area contributed by atoms with Crippen LogP contribution in [-0.2, 0) is 23.8 Å². The molecule has 2 aliphatic heterocycles. The minimum absolute atomic E-state index is 0. The fraction of sp³-hybridized carbons (Fsp3) is 0.611. The number of urea groups is 1. The highest BCUT2D eigenvalue weighted by Gasteiger charge is 2.21. The summed E-state index contributed by atoms with van der Waals surface area (Å²) in [6.45, 7) is 3.74. The van der Waals surface area contributed by atoms with E-state index in [2.05, 4.69) is 28.4 Å². The van der Waals surface area contributed by atoms with E-state index in [1.54, 1.807) is 4.90 Å². The van der Waals surface area contributed by atoms with Crippen LogP contribution in [0.2, 0.25) is 0 Å². The summed E-state index contributed by atoms with van der Waals surface area (Å²) in [7, 11) is -0.808. The van der Waals surface area contributed by atoms with Gasteiger partial charge in [0.15, 0.2) is 0 Å². The number of carbonyl (C=O) groups is 1. The third-order valence-electron chi connectivity index (χ3n) is 4.84. The highest BCUT2D eigenvalue weighted by Crippen LogP contribution is 2.18. The van der Waals surface area contributed by atoms with Crippen molar-refractivity contribution in [2.75, 3.05) is 44.2 Å². The molecule has 0 bridgehead atoms. The zero-order valence-corrected chi connectivity index (χ0v) is 16.8. The average molecular weight is 400 g/mol. The molecule has 3 rings (SSSR count). The van der Waals surface area contributed by atoms with Crippen LogP contribution >= 0.6 is 13.5 Å². The van der Waals surface area contributed by atoms with Crippen molar-refractivity contribution in [2.24, 2.45) is 0 Å². The Labute approximate surface area is 164 Å². The molecule has 146 valence electrons. The maximum atomic E-state index is 12.2. The number of amides is 2. The van der Waals surface area contributed by atoms with Gasteiger partial charge in [0.1, 0.15) is 0 Å². The van der Waals surface area contributed by atoms with Crippen molar-refractivity contribution in [1.29, 1.82) is 0 Å². The maximum Gasteiger partial charge on any atom is 0.317 e. The van der Waals surface area contributed by atoms with Gasteiger partial charge >= 0.3 is 6.03 Å². The van der Waals surface area contributed by atoms with E-state index in [1.807, 2.05) is 6.07 Å². The molecule has 0 radical (unpaired) electrons. The van der Waals surface area contributed by atoms with E-state index in [-0.39, 0.29) is 26.1 Å². The molecule has 8 heteroatoms. The van der Waals surface area contributed by atoms with Gasteiger partial charge in [-0.2, -0.15) is 13.5 Å². The summed E-state index contributed by atoms with van der Waals surface area (Å²) in [6, 6.07) is 8.25. The zero-order valence-electron chi connectivity index (χ0n) is 15.0. The number of rotatable bonds is 4. The fourth-order valence-electron chi connectivity index (χ4n) is 3.43. The summed E-state index contributed by atoms with van der Waals surface area (Å²) >= 11 is 0. The molecule has 1 unspecified atom stereocenters. The van der Waals surface area contributed by atoms with E-state index in [0.717, 1.165) is 25.9 Å². The molecule has 2 amide bonds. The molecule has 0 aliphatic carbocycles. The monoisotopic (exact) mass is 399 g/mol. The van der Waals surface area contributed by atoms with Crippen LogP contribution in [0.3, 0.4) is 0 Å². The van der Waals surface area contributed by atoms with Gasteiger partial charge < -0.3 is 15.3 Å². The summed E-state index contributed by atoms with van der Waals surface area (Å²) in [5, 5.41) is 13.1. The van der Waals surface area contributed by atoms with Crippen molar-refractivity contribution in [3.8, 4) is 0 Å². The van der Waals surface area contributed by atoms with E-state index in [1.165, 1.54) is 11.1 Å². The number of carbonyl (C=O) groups excluding carboxylic acids is 1. The van der Waals surface area contributed by atoms with Gasteiger partial charge in [0, 0.05) is 61.6 Å². The van der Waals surface area contributed by atoms with Crippen molar-refractivity contribution >= 4 is 30.3 Å². The SMILES string of the molecule is O=C(NC[C@H](O)CN1CCc2ccccc2C1)N1CCCS(=O)CC1.S. The number of aliphatic hydroxyl groups excluding tert-OH is 1. The first kappa shape index (κ1) is 21.2. The lowest BCUT2D eigenvalue weighted by atomic mass is 10.00. The van der Waals surface area contributed by atoms with Crippen LogP contribution in [0.15, 0.2) is 24.3 Å². The lowest BCUT2D eigenvalue weighted by Crippen LogP contribution is -2.46. The van der Waals surface area contributed by atoms with Crippen molar-refractivity contribution in [3.63, 3.8) is 0 Å². The van der Waals surface area contributed by atoms with Crippen LogP contribution in [0.5, 0.6) is 0 Å². The number of fused-ring (bicyclic) bond motifs is 1. The molecule has 2 heterocycles. The maximum absolute atomic E-state index is 12.2. The van der Waals surface area contributed by atoms with Crippen molar-refractivity contribution in [1.82, 2.24) is 15.1 Å². The number of benzene rings is 1. The summed E-state index contributed by atoms with van der Waals surface area (Å²) in [4.78, 5) is 16.1. The van der Waals surface area contributed by atoms with Crippen molar-refractivity contribution < 1.29 is 14.1 Å². The van der Waals surface area contributed by atoms with Gasteiger partial charge in [-0.25, -0.2) is 4.79 Å². The second-order valence-corrected chi connectivity index (χ2v) is 8.48. The first-order chi connectivity index (χ1) is 12.1. The molecule has 2 N–H and O–H groups in total. The third-order valence-corrected chi connectivity index (χ3v) is 6.23. The molecule has 0 saturated carbocycles. The summed E-state index contributed by atoms with van der Waals surface area (Å²) in [5.74, 6) is 1.21. The second-order valence-electron chi connectivity index (χ2n) is 6.78. The Hall–Kier alpha value is -1.09. The van der Waals surface area contributed by atoms with Gasteiger partial charge in [-0.3, -0.25) is 9.11 Å². The van der Waals surface area contributed by atoms with Crippen LogP contribution in [-0.4, -0.2) is 75.5 Å². The van der Waals surface area contributed by atoms with Crippen LogP contribution in [0.4, 0.5) is 4.79 Å². The minimum Gasteiger partial charge on any atom is -0.390 e. The Bertz CT molecular complexity index is 629. The Morgan fingerprint density at radius 3 is 2.77 bits per heavy atom. The predicted octanol–water partition coefficient (Wildman–Crippen LogP) is 0.682. The number of β-amino-alcohol motifs (C(OH)–C–C–N with tert-alkyl or cyclic N) is 1. The molecule has 26 heavy (non-hydrogen) atoms. The molecule has 1 fully saturated rings. The number of nitrogens with zero attached hydrogens (tertiary/aromatic N) is 2. The molecule has 2 atom stereocenters. The van der Waals surface area contributed by atoms with Crippen LogP contribution in [0.1, 0.15) is 17.5 Å². The largest absolute Gasteiger partial charge is 0.390 e. The lowest BCUT2D eigenvalue weighted by Gasteiger charge is -2.30. The normalized spacial score (nSPS) is 21.9. The zero-order chi connectivity index (χ0) is 17.6. The Kier molecular flexibility index (Phi) is 8.40. The van der Waals surface area contributed by atoms with Crippen LogP contribution in [0, 0.1) is 0 Å². The number of hydrogen-bond donors (Lipinski definition) is 2. The van der Waals surface area contributed by atoms with Crippen molar-refractivity contribution in [2.45, 2.75) is 25.5 Å². The standard InChI is InChI=1S/C18H27N3O3S.H2S/c22-17(12-19-18(23)21-7-3-10-25(24)11-9-21)14-20-8-6-15-4-1-2-5-16(15)13-20;/h1-2,4-5,17,22H,3,6-14H2,(H,19,23);1H2/t17-,25?;/m0./s1. The number of nitrogens with one attached hydrogen (secondary N) is 1. The summed E-state index contributed by atoms with van der Waals surface area (Å²) in [5.41, 5.74) is 2.71.